The van der Waals surface area contributed by atoms with E-state index in [2.05, 4.69) is 10.3 Å². The highest BCUT2D eigenvalue weighted by atomic mass is 19.1. The number of rotatable bonds is 5. The van der Waals surface area contributed by atoms with E-state index in [1.807, 2.05) is 13.0 Å². The summed E-state index contributed by atoms with van der Waals surface area (Å²) in [5.41, 5.74) is 0.965. The summed E-state index contributed by atoms with van der Waals surface area (Å²) in [6.45, 7) is 2.72. The number of benzene rings is 1. The highest BCUT2D eigenvalue weighted by Crippen LogP contribution is 2.23. The van der Waals surface area contributed by atoms with Crippen LogP contribution < -0.4 is 5.32 Å². The normalized spacial score (nSPS) is 12.4. The van der Waals surface area contributed by atoms with E-state index in [4.69, 9.17) is 0 Å². The number of halogens is 2. The topological polar surface area (TPSA) is 24.9 Å². The van der Waals surface area contributed by atoms with Gasteiger partial charge in [-0.25, -0.2) is 8.78 Å². The molecule has 100 valence electrons. The van der Waals surface area contributed by atoms with Crippen molar-refractivity contribution in [2.45, 2.75) is 19.4 Å². The molecule has 0 aliphatic rings. The first-order chi connectivity index (χ1) is 9.22. The van der Waals surface area contributed by atoms with Crippen LogP contribution in [0.15, 0.2) is 42.6 Å². The smallest absolute Gasteiger partial charge is 0.128 e. The molecule has 0 fully saturated rings. The predicted molar refractivity (Wildman–Crippen MR) is 70.7 cm³/mol. The van der Waals surface area contributed by atoms with Crippen LogP contribution in [0.2, 0.25) is 0 Å². The zero-order valence-corrected chi connectivity index (χ0v) is 10.7. The van der Waals surface area contributed by atoms with Gasteiger partial charge in [-0.3, -0.25) is 4.98 Å². The Morgan fingerprint density at radius 1 is 1.21 bits per heavy atom. The second kappa shape index (κ2) is 6.38. The van der Waals surface area contributed by atoms with Gasteiger partial charge in [0.2, 0.25) is 0 Å². The monoisotopic (exact) mass is 262 g/mol. The molecule has 1 atom stereocenters. The summed E-state index contributed by atoms with van der Waals surface area (Å²) in [7, 11) is 0. The predicted octanol–water partition coefficient (Wildman–Crippen LogP) is 3.45. The lowest BCUT2D eigenvalue weighted by Gasteiger charge is -2.19. The fourth-order valence-electron chi connectivity index (χ4n) is 1.95. The number of nitrogens with one attached hydrogen (secondary N) is 1. The second-order valence-corrected chi connectivity index (χ2v) is 4.31. The second-order valence-electron chi connectivity index (χ2n) is 4.31. The van der Waals surface area contributed by atoms with Gasteiger partial charge >= 0.3 is 0 Å². The molecule has 2 aromatic rings. The summed E-state index contributed by atoms with van der Waals surface area (Å²) >= 11 is 0. The highest BCUT2D eigenvalue weighted by molar-refractivity contribution is 5.29. The molecule has 0 saturated carbocycles. The van der Waals surface area contributed by atoms with Crippen LogP contribution >= 0.6 is 0 Å². The van der Waals surface area contributed by atoms with E-state index >= 15 is 0 Å². The quantitative estimate of drug-likeness (QED) is 0.892. The van der Waals surface area contributed by atoms with Crippen LogP contribution in [-0.4, -0.2) is 11.5 Å². The van der Waals surface area contributed by atoms with E-state index in [0.717, 1.165) is 18.6 Å². The van der Waals surface area contributed by atoms with Crippen molar-refractivity contribution < 1.29 is 8.78 Å². The first kappa shape index (κ1) is 13.6. The molecule has 2 rings (SSSR count). The molecule has 0 aliphatic heterocycles. The molecule has 0 spiro atoms. The lowest BCUT2D eigenvalue weighted by Crippen LogP contribution is -2.25. The van der Waals surface area contributed by atoms with Gasteiger partial charge in [-0.1, -0.05) is 13.0 Å². The minimum absolute atomic E-state index is 0.284. The van der Waals surface area contributed by atoms with Crippen LogP contribution in [0.4, 0.5) is 8.78 Å². The summed E-state index contributed by atoms with van der Waals surface area (Å²) in [6.07, 6.45) is 2.55. The Balaban J connectivity index is 2.40. The van der Waals surface area contributed by atoms with E-state index in [9.17, 15) is 8.78 Å². The molecule has 1 N–H and O–H groups in total. The van der Waals surface area contributed by atoms with Crippen LogP contribution in [0, 0.1) is 11.6 Å². The first-order valence-corrected chi connectivity index (χ1v) is 6.31. The molecular weight excluding hydrogens is 246 g/mol. The summed E-state index contributed by atoms with van der Waals surface area (Å²) in [5, 5.41) is 3.20. The average molecular weight is 262 g/mol. The first-order valence-electron chi connectivity index (χ1n) is 6.31. The summed E-state index contributed by atoms with van der Waals surface area (Å²) in [6, 6.07) is 8.48. The average Bonchev–Trinajstić information content (AvgIpc) is 2.44. The zero-order valence-electron chi connectivity index (χ0n) is 10.7. The van der Waals surface area contributed by atoms with E-state index < -0.39 is 17.7 Å². The molecule has 0 aliphatic carbocycles. The van der Waals surface area contributed by atoms with Crippen molar-refractivity contribution in [2.75, 3.05) is 6.54 Å². The van der Waals surface area contributed by atoms with Crippen LogP contribution in [0.5, 0.6) is 0 Å². The van der Waals surface area contributed by atoms with Crippen molar-refractivity contribution in [1.29, 1.82) is 0 Å². The Labute approximate surface area is 111 Å². The van der Waals surface area contributed by atoms with E-state index in [1.165, 1.54) is 6.07 Å². The van der Waals surface area contributed by atoms with Crippen LogP contribution in [0.25, 0.3) is 0 Å². The standard InChI is InChI=1S/C15H16F2N2/c1-2-8-19-15(14-5-3-4-9-18-14)12-10-11(16)6-7-13(12)17/h3-7,9-10,15,19H,2,8H2,1H3. The van der Waals surface area contributed by atoms with Crippen LogP contribution in [0.1, 0.15) is 30.6 Å². The Morgan fingerprint density at radius 2 is 2.05 bits per heavy atom. The molecule has 0 saturated heterocycles. The van der Waals surface area contributed by atoms with E-state index in [-0.39, 0.29) is 5.56 Å². The molecule has 1 unspecified atom stereocenters. The molecule has 0 radical (unpaired) electrons. The lowest BCUT2D eigenvalue weighted by molar-refractivity contribution is 0.529. The fourth-order valence-corrected chi connectivity index (χ4v) is 1.95. The molecular formula is C15H16F2N2. The third-order valence-corrected chi connectivity index (χ3v) is 2.85. The van der Waals surface area contributed by atoms with Gasteiger partial charge < -0.3 is 5.32 Å². The maximum Gasteiger partial charge on any atom is 0.128 e. The third kappa shape index (κ3) is 3.35. The minimum Gasteiger partial charge on any atom is -0.305 e. The van der Waals surface area contributed by atoms with E-state index in [0.29, 0.717) is 12.2 Å². The molecule has 4 heteroatoms. The molecule has 0 amide bonds. The van der Waals surface area contributed by atoms with Crippen molar-refractivity contribution in [1.82, 2.24) is 10.3 Å². The molecule has 0 bridgehead atoms. The molecule has 1 heterocycles. The van der Waals surface area contributed by atoms with Gasteiger partial charge in [0.15, 0.2) is 0 Å². The lowest BCUT2D eigenvalue weighted by atomic mass is 10.0. The highest BCUT2D eigenvalue weighted by Gasteiger charge is 2.18. The van der Waals surface area contributed by atoms with Crippen LogP contribution in [0.3, 0.4) is 0 Å². The summed E-state index contributed by atoms with van der Waals surface area (Å²) in [4.78, 5) is 4.23. The molecule has 1 aromatic heterocycles. The molecule has 1 aromatic carbocycles. The van der Waals surface area contributed by atoms with Gasteiger partial charge in [-0.2, -0.15) is 0 Å². The zero-order chi connectivity index (χ0) is 13.7. The van der Waals surface area contributed by atoms with Crippen molar-refractivity contribution in [3.8, 4) is 0 Å². The Bertz CT molecular complexity index is 529. The summed E-state index contributed by atoms with van der Waals surface area (Å²) in [5.74, 6) is -0.878. The fraction of sp³-hybridized carbons (Fsp3) is 0.267. The van der Waals surface area contributed by atoms with Crippen molar-refractivity contribution in [3.05, 3.63) is 65.5 Å². The number of pyridine rings is 1. The van der Waals surface area contributed by atoms with Crippen LogP contribution in [-0.2, 0) is 0 Å². The van der Waals surface area contributed by atoms with Crippen molar-refractivity contribution in [3.63, 3.8) is 0 Å². The SMILES string of the molecule is CCCNC(c1ccccn1)c1cc(F)ccc1F. The number of hydrogen-bond donors (Lipinski definition) is 1. The number of hydrogen-bond acceptors (Lipinski definition) is 2. The molecule has 19 heavy (non-hydrogen) atoms. The van der Waals surface area contributed by atoms with Gasteiger partial charge in [0.25, 0.3) is 0 Å². The largest absolute Gasteiger partial charge is 0.305 e. The number of aromatic nitrogens is 1. The van der Waals surface area contributed by atoms with Crippen molar-refractivity contribution >= 4 is 0 Å². The number of nitrogens with zero attached hydrogens (tertiary/aromatic N) is 1. The Kier molecular flexibility index (Phi) is 4.58. The Hall–Kier alpha value is -1.81. The van der Waals surface area contributed by atoms with Crippen molar-refractivity contribution in [2.24, 2.45) is 0 Å². The van der Waals surface area contributed by atoms with Gasteiger partial charge in [0.1, 0.15) is 11.6 Å². The maximum absolute atomic E-state index is 13.9. The van der Waals surface area contributed by atoms with Gasteiger partial charge in [-0.15, -0.1) is 0 Å². The van der Waals surface area contributed by atoms with E-state index in [1.54, 1.807) is 18.3 Å². The summed E-state index contributed by atoms with van der Waals surface area (Å²) < 4.78 is 27.2. The minimum atomic E-state index is -0.448. The van der Waals surface area contributed by atoms with Gasteiger partial charge in [-0.05, 0) is 43.3 Å². The Morgan fingerprint density at radius 3 is 2.74 bits per heavy atom. The third-order valence-electron chi connectivity index (χ3n) is 2.85. The van der Waals surface area contributed by atoms with Gasteiger partial charge in [0, 0.05) is 11.8 Å². The van der Waals surface area contributed by atoms with Gasteiger partial charge in [0.05, 0.1) is 11.7 Å². The maximum atomic E-state index is 13.9. The molecule has 2 nitrogen and oxygen atoms in total.